The normalized spacial score (nSPS) is 25.2. The molecule has 4 rings (SSSR count). The fourth-order valence-corrected chi connectivity index (χ4v) is 4.68. The summed E-state index contributed by atoms with van der Waals surface area (Å²) in [6.45, 7) is 1.98. The topological polar surface area (TPSA) is 34.1 Å². The minimum absolute atomic E-state index is 0.816. The van der Waals surface area contributed by atoms with Crippen molar-refractivity contribution in [2.45, 2.75) is 19.4 Å². The van der Waals surface area contributed by atoms with E-state index < -0.39 is 0 Å². The van der Waals surface area contributed by atoms with E-state index in [9.17, 15) is 0 Å². The first-order chi connectivity index (χ1) is 11.3. The van der Waals surface area contributed by atoms with Crippen LogP contribution in [0.1, 0.15) is 17.8 Å². The molecular formula is C19H22N2OS. The van der Waals surface area contributed by atoms with Crippen LogP contribution in [0.25, 0.3) is 10.4 Å². The molecule has 0 saturated heterocycles. The zero-order valence-electron chi connectivity index (χ0n) is 13.4. The molecule has 1 fully saturated rings. The van der Waals surface area contributed by atoms with Crippen LogP contribution in [-0.2, 0) is 6.54 Å². The van der Waals surface area contributed by atoms with Crippen molar-refractivity contribution in [1.82, 2.24) is 10.3 Å². The summed E-state index contributed by atoms with van der Waals surface area (Å²) in [6.07, 6.45) is 9.54. The number of benzene rings is 1. The maximum absolute atomic E-state index is 5.30. The Hall–Kier alpha value is -1.65. The Labute approximate surface area is 141 Å². The minimum Gasteiger partial charge on any atom is -0.497 e. The molecule has 1 aromatic heterocycles. The van der Waals surface area contributed by atoms with Gasteiger partial charge in [0.15, 0.2) is 0 Å². The fourth-order valence-electron chi connectivity index (χ4n) is 3.80. The van der Waals surface area contributed by atoms with Crippen LogP contribution in [0, 0.1) is 17.8 Å². The Bertz CT molecular complexity index is 709. The predicted molar refractivity (Wildman–Crippen MR) is 94.7 cm³/mol. The van der Waals surface area contributed by atoms with Crippen LogP contribution < -0.4 is 10.1 Å². The summed E-state index contributed by atoms with van der Waals surface area (Å²) in [5.41, 5.74) is 1.17. The average Bonchev–Trinajstić information content (AvgIpc) is 3.31. The maximum atomic E-state index is 5.30. The predicted octanol–water partition coefficient (Wildman–Crippen LogP) is 4.12. The third-order valence-electron chi connectivity index (χ3n) is 5.01. The summed E-state index contributed by atoms with van der Waals surface area (Å²) in [4.78, 5) is 5.76. The molecule has 2 aliphatic carbocycles. The molecule has 3 nitrogen and oxygen atoms in total. The van der Waals surface area contributed by atoms with Gasteiger partial charge in [-0.2, -0.15) is 0 Å². The van der Waals surface area contributed by atoms with Gasteiger partial charge in [0, 0.05) is 12.7 Å². The van der Waals surface area contributed by atoms with E-state index in [0.717, 1.165) is 41.6 Å². The van der Waals surface area contributed by atoms with Crippen LogP contribution in [0.15, 0.2) is 42.6 Å². The summed E-state index contributed by atoms with van der Waals surface area (Å²) in [5.74, 6) is 3.38. The lowest BCUT2D eigenvalue weighted by Crippen LogP contribution is -2.24. The van der Waals surface area contributed by atoms with Gasteiger partial charge in [0.25, 0.3) is 0 Å². The van der Waals surface area contributed by atoms with E-state index in [2.05, 4.69) is 34.6 Å². The molecule has 0 radical (unpaired) electrons. The van der Waals surface area contributed by atoms with Gasteiger partial charge in [0.2, 0.25) is 0 Å². The SMILES string of the molecule is COc1cccc(-c2cnc(CNCC3CC4C=CC3C4)s2)c1. The number of methoxy groups -OCH3 is 1. The Morgan fingerprint density at radius 2 is 2.26 bits per heavy atom. The zero-order chi connectivity index (χ0) is 15.6. The van der Waals surface area contributed by atoms with E-state index in [0.29, 0.717) is 0 Å². The quantitative estimate of drug-likeness (QED) is 0.811. The molecule has 3 atom stereocenters. The van der Waals surface area contributed by atoms with Crippen LogP contribution in [0.4, 0.5) is 0 Å². The number of rotatable bonds is 6. The molecule has 4 heteroatoms. The highest BCUT2D eigenvalue weighted by Gasteiger charge is 2.34. The summed E-state index contributed by atoms with van der Waals surface area (Å²) < 4.78 is 5.30. The van der Waals surface area contributed by atoms with Crippen molar-refractivity contribution in [3.05, 3.63) is 47.6 Å². The van der Waals surface area contributed by atoms with E-state index in [4.69, 9.17) is 4.74 Å². The molecule has 2 aromatic rings. The van der Waals surface area contributed by atoms with Gasteiger partial charge in [0.1, 0.15) is 10.8 Å². The van der Waals surface area contributed by atoms with Crippen LogP contribution >= 0.6 is 11.3 Å². The van der Waals surface area contributed by atoms with Crippen molar-refractivity contribution in [3.63, 3.8) is 0 Å². The first kappa shape index (κ1) is 14.9. The van der Waals surface area contributed by atoms with Gasteiger partial charge in [-0.15, -0.1) is 11.3 Å². The molecule has 23 heavy (non-hydrogen) atoms. The highest BCUT2D eigenvalue weighted by Crippen LogP contribution is 2.43. The lowest BCUT2D eigenvalue weighted by atomic mass is 9.94. The van der Waals surface area contributed by atoms with Gasteiger partial charge in [-0.25, -0.2) is 4.98 Å². The minimum atomic E-state index is 0.816. The highest BCUT2D eigenvalue weighted by atomic mass is 32.1. The first-order valence-corrected chi connectivity index (χ1v) is 9.11. The van der Waals surface area contributed by atoms with E-state index >= 15 is 0 Å². The highest BCUT2D eigenvalue weighted by molar-refractivity contribution is 7.15. The number of nitrogens with one attached hydrogen (secondary N) is 1. The number of fused-ring (bicyclic) bond motifs is 2. The monoisotopic (exact) mass is 326 g/mol. The Morgan fingerprint density at radius 3 is 3.04 bits per heavy atom. The second-order valence-electron chi connectivity index (χ2n) is 6.52. The van der Waals surface area contributed by atoms with Crippen molar-refractivity contribution in [2.24, 2.45) is 17.8 Å². The number of thiazole rings is 1. The number of ether oxygens (including phenoxy) is 1. The van der Waals surface area contributed by atoms with Crippen molar-refractivity contribution in [3.8, 4) is 16.2 Å². The van der Waals surface area contributed by atoms with Crippen molar-refractivity contribution in [2.75, 3.05) is 13.7 Å². The van der Waals surface area contributed by atoms with Crippen LogP contribution in [0.5, 0.6) is 5.75 Å². The molecule has 1 heterocycles. The number of nitrogens with zero attached hydrogens (tertiary/aromatic N) is 1. The fraction of sp³-hybridized carbons (Fsp3) is 0.421. The summed E-state index contributed by atoms with van der Waals surface area (Å²) in [7, 11) is 1.70. The number of hydrogen-bond acceptors (Lipinski definition) is 4. The maximum Gasteiger partial charge on any atom is 0.119 e. The summed E-state index contributed by atoms with van der Waals surface area (Å²) in [6, 6.07) is 8.16. The van der Waals surface area contributed by atoms with E-state index in [1.807, 2.05) is 18.3 Å². The smallest absolute Gasteiger partial charge is 0.119 e. The van der Waals surface area contributed by atoms with E-state index in [1.54, 1.807) is 18.4 Å². The molecule has 120 valence electrons. The second-order valence-corrected chi connectivity index (χ2v) is 7.64. The zero-order valence-corrected chi connectivity index (χ0v) is 14.2. The van der Waals surface area contributed by atoms with Crippen LogP contribution in [0.2, 0.25) is 0 Å². The van der Waals surface area contributed by atoms with Gasteiger partial charge in [-0.1, -0.05) is 24.3 Å². The van der Waals surface area contributed by atoms with Gasteiger partial charge in [-0.3, -0.25) is 0 Å². The molecule has 0 amide bonds. The van der Waals surface area contributed by atoms with Crippen molar-refractivity contribution >= 4 is 11.3 Å². The van der Waals surface area contributed by atoms with Gasteiger partial charge in [-0.05, 0) is 54.8 Å². The summed E-state index contributed by atoms with van der Waals surface area (Å²) in [5, 5.41) is 4.76. The number of hydrogen-bond donors (Lipinski definition) is 1. The molecule has 0 aliphatic heterocycles. The summed E-state index contributed by atoms with van der Waals surface area (Å²) >= 11 is 1.76. The molecule has 3 unspecified atom stereocenters. The Morgan fingerprint density at radius 1 is 1.30 bits per heavy atom. The van der Waals surface area contributed by atoms with Gasteiger partial charge < -0.3 is 10.1 Å². The Balaban J connectivity index is 1.34. The first-order valence-electron chi connectivity index (χ1n) is 8.30. The molecule has 1 N–H and O–H groups in total. The molecule has 0 spiro atoms. The average molecular weight is 326 g/mol. The second kappa shape index (κ2) is 6.46. The Kier molecular flexibility index (Phi) is 4.19. The van der Waals surface area contributed by atoms with Gasteiger partial charge >= 0.3 is 0 Å². The molecule has 2 bridgehead atoms. The third-order valence-corrected chi connectivity index (χ3v) is 6.05. The standard InChI is InChI=1S/C19H22N2OS/c1-22-17-4-2-3-15(9-17)18-11-21-19(23-18)12-20-10-16-8-13-5-6-14(16)7-13/h2-6,9,11,13-14,16,20H,7-8,10,12H2,1H3. The third kappa shape index (κ3) is 3.19. The number of aromatic nitrogens is 1. The lowest BCUT2D eigenvalue weighted by molar-refractivity contribution is 0.414. The lowest BCUT2D eigenvalue weighted by Gasteiger charge is -2.18. The molecular weight excluding hydrogens is 304 g/mol. The van der Waals surface area contributed by atoms with Crippen molar-refractivity contribution < 1.29 is 4.74 Å². The van der Waals surface area contributed by atoms with Gasteiger partial charge in [0.05, 0.1) is 12.0 Å². The number of allylic oxidation sites excluding steroid dienone is 2. The van der Waals surface area contributed by atoms with Crippen LogP contribution in [-0.4, -0.2) is 18.6 Å². The largest absolute Gasteiger partial charge is 0.497 e. The van der Waals surface area contributed by atoms with Crippen LogP contribution in [0.3, 0.4) is 0 Å². The molecule has 2 aliphatic rings. The molecule has 1 saturated carbocycles. The van der Waals surface area contributed by atoms with E-state index in [1.165, 1.54) is 23.3 Å². The molecule has 1 aromatic carbocycles. The van der Waals surface area contributed by atoms with Crippen molar-refractivity contribution in [1.29, 1.82) is 0 Å². The van der Waals surface area contributed by atoms with E-state index in [-0.39, 0.29) is 0 Å².